The standard InChI is InChI=1S/C20H14FN5O/c1-10-16-17(12-4-2-11(9-22)3-5-12)18(23)19(24-20(16)26-25-10)14-7-6-13(27)8-15(14)21/h2-8,27H,23H2,1H3,(H,24,25,26). The molecule has 2 aromatic carbocycles. The van der Waals surface area contributed by atoms with Gasteiger partial charge in [0.2, 0.25) is 0 Å². The largest absolute Gasteiger partial charge is 0.508 e. The van der Waals surface area contributed by atoms with Gasteiger partial charge in [-0.05, 0) is 36.8 Å². The number of fused-ring (bicyclic) bond motifs is 1. The monoisotopic (exact) mass is 359 g/mol. The van der Waals surface area contributed by atoms with Crippen LogP contribution in [0.5, 0.6) is 5.75 Å². The molecule has 4 rings (SSSR count). The molecule has 2 heterocycles. The second-order valence-electron chi connectivity index (χ2n) is 6.14. The highest BCUT2D eigenvalue weighted by Gasteiger charge is 2.21. The van der Waals surface area contributed by atoms with Crippen molar-refractivity contribution in [1.82, 2.24) is 15.2 Å². The number of aromatic nitrogens is 3. The molecule has 7 heteroatoms. The lowest BCUT2D eigenvalue weighted by atomic mass is 9.96. The zero-order chi connectivity index (χ0) is 19.1. The Labute approximate surface area is 153 Å². The summed E-state index contributed by atoms with van der Waals surface area (Å²) in [6.07, 6.45) is 0. The Balaban J connectivity index is 2.06. The number of rotatable bonds is 2. The van der Waals surface area contributed by atoms with Gasteiger partial charge in [-0.25, -0.2) is 9.37 Å². The summed E-state index contributed by atoms with van der Waals surface area (Å²) in [5.41, 5.74) is 10.3. The Morgan fingerprint density at radius 1 is 1.19 bits per heavy atom. The third-order valence-corrected chi connectivity index (χ3v) is 4.44. The molecule has 0 fully saturated rings. The first-order valence-corrected chi connectivity index (χ1v) is 8.13. The van der Waals surface area contributed by atoms with Gasteiger partial charge in [0.15, 0.2) is 5.65 Å². The Kier molecular flexibility index (Phi) is 3.74. The number of hydrogen-bond acceptors (Lipinski definition) is 5. The average molecular weight is 359 g/mol. The molecule has 4 aromatic rings. The summed E-state index contributed by atoms with van der Waals surface area (Å²) in [5.74, 6) is -0.809. The number of anilines is 1. The number of phenols is 1. The summed E-state index contributed by atoms with van der Waals surface area (Å²) in [6, 6.07) is 12.9. The van der Waals surface area contributed by atoms with Crippen molar-refractivity contribution in [1.29, 1.82) is 5.26 Å². The molecule has 0 bridgehead atoms. The summed E-state index contributed by atoms with van der Waals surface area (Å²) >= 11 is 0. The molecule has 0 radical (unpaired) electrons. The molecule has 6 nitrogen and oxygen atoms in total. The number of nitriles is 1. The zero-order valence-corrected chi connectivity index (χ0v) is 14.3. The maximum absolute atomic E-state index is 14.4. The molecule has 0 saturated heterocycles. The van der Waals surface area contributed by atoms with E-state index in [1.165, 1.54) is 12.1 Å². The van der Waals surface area contributed by atoms with Crippen molar-refractivity contribution in [2.45, 2.75) is 6.92 Å². The fourth-order valence-electron chi connectivity index (χ4n) is 3.14. The van der Waals surface area contributed by atoms with Crippen molar-refractivity contribution in [2.24, 2.45) is 0 Å². The first-order valence-electron chi connectivity index (χ1n) is 8.13. The van der Waals surface area contributed by atoms with E-state index in [0.29, 0.717) is 28.2 Å². The van der Waals surface area contributed by atoms with Crippen molar-refractivity contribution in [2.75, 3.05) is 5.73 Å². The van der Waals surface area contributed by atoms with Crippen LogP contribution in [0, 0.1) is 24.1 Å². The highest BCUT2D eigenvalue weighted by Crippen LogP contribution is 2.40. The number of aromatic amines is 1. The highest BCUT2D eigenvalue weighted by molar-refractivity contribution is 6.04. The van der Waals surface area contributed by atoms with Gasteiger partial charge in [-0.1, -0.05) is 12.1 Å². The van der Waals surface area contributed by atoms with Gasteiger partial charge in [-0.15, -0.1) is 0 Å². The minimum Gasteiger partial charge on any atom is -0.508 e. The van der Waals surface area contributed by atoms with E-state index in [9.17, 15) is 9.50 Å². The first-order chi connectivity index (χ1) is 13.0. The molecule has 132 valence electrons. The number of hydrogen-bond donors (Lipinski definition) is 3. The van der Waals surface area contributed by atoms with Crippen molar-refractivity contribution in [3.63, 3.8) is 0 Å². The summed E-state index contributed by atoms with van der Waals surface area (Å²) in [7, 11) is 0. The maximum atomic E-state index is 14.4. The van der Waals surface area contributed by atoms with Crippen LogP contribution in [0.4, 0.5) is 10.1 Å². The summed E-state index contributed by atoms with van der Waals surface area (Å²) < 4.78 is 14.4. The number of aromatic hydroxyl groups is 1. The van der Waals surface area contributed by atoms with E-state index < -0.39 is 5.82 Å². The predicted octanol–water partition coefficient (Wildman–Crippen LogP) is 3.90. The van der Waals surface area contributed by atoms with Gasteiger partial charge < -0.3 is 10.8 Å². The molecule has 2 aromatic heterocycles. The number of benzene rings is 2. The van der Waals surface area contributed by atoms with Crippen molar-refractivity contribution < 1.29 is 9.50 Å². The van der Waals surface area contributed by atoms with Gasteiger partial charge in [-0.3, -0.25) is 5.10 Å². The van der Waals surface area contributed by atoms with Crippen LogP contribution >= 0.6 is 0 Å². The Morgan fingerprint density at radius 3 is 2.59 bits per heavy atom. The Morgan fingerprint density at radius 2 is 1.93 bits per heavy atom. The molecule has 0 unspecified atom stereocenters. The lowest BCUT2D eigenvalue weighted by Crippen LogP contribution is -2.00. The van der Waals surface area contributed by atoms with Crippen LogP contribution < -0.4 is 5.73 Å². The number of aryl methyl sites for hydroxylation is 1. The van der Waals surface area contributed by atoms with E-state index >= 15 is 0 Å². The number of halogens is 1. The Hall–Kier alpha value is -3.92. The summed E-state index contributed by atoms with van der Waals surface area (Å²) in [5, 5.41) is 26.3. The van der Waals surface area contributed by atoms with Crippen LogP contribution in [0.15, 0.2) is 42.5 Å². The van der Waals surface area contributed by atoms with E-state index in [-0.39, 0.29) is 17.0 Å². The van der Waals surface area contributed by atoms with Crippen molar-refractivity contribution >= 4 is 16.7 Å². The van der Waals surface area contributed by atoms with E-state index in [2.05, 4.69) is 21.3 Å². The molecule has 27 heavy (non-hydrogen) atoms. The highest BCUT2D eigenvalue weighted by atomic mass is 19.1. The van der Waals surface area contributed by atoms with Crippen LogP contribution in [0.3, 0.4) is 0 Å². The Bertz CT molecular complexity index is 1220. The minimum atomic E-state index is -0.629. The number of nitrogens with one attached hydrogen (secondary N) is 1. The molecule has 0 atom stereocenters. The van der Waals surface area contributed by atoms with Gasteiger partial charge in [0.1, 0.15) is 11.6 Å². The minimum absolute atomic E-state index is 0.175. The third kappa shape index (κ3) is 2.64. The number of nitrogen functional groups attached to an aromatic ring is 1. The lowest BCUT2D eigenvalue weighted by molar-refractivity contribution is 0.469. The lowest BCUT2D eigenvalue weighted by Gasteiger charge is -2.13. The molecule has 0 saturated carbocycles. The average Bonchev–Trinajstić information content (AvgIpc) is 3.02. The fourth-order valence-corrected chi connectivity index (χ4v) is 3.14. The van der Waals surface area contributed by atoms with Crippen molar-refractivity contribution in [3.8, 4) is 34.2 Å². The van der Waals surface area contributed by atoms with Crippen LogP contribution in [0.1, 0.15) is 11.3 Å². The SMILES string of the molecule is Cc1n[nH]c2nc(-c3ccc(O)cc3F)c(N)c(-c3ccc(C#N)cc3)c12. The van der Waals surface area contributed by atoms with Gasteiger partial charge in [0, 0.05) is 17.2 Å². The molecule has 0 spiro atoms. The first kappa shape index (κ1) is 16.5. The predicted molar refractivity (Wildman–Crippen MR) is 100 cm³/mol. The van der Waals surface area contributed by atoms with E-state index in [4.69, 9.17) is 11.0 Å². The normalized spacial score (nSPS) is 10.9. The molecule has 0 aliphatic carbocycles. The smallest absolute Gasteiger partial charge is 0.156 e. The van der Waals surface area contributed by atoms with Crippen LogP contribution in [-0.4, -0.2) is 20.3 Å². The number of nitrogens with two attached hydrogens (primary N) is 1. The fraction of sp³-hybridized carbons (Fsp3) is 0.0500. The maximum Gasteiger partial charge on any atom is 0.156 e. The molecular weight excluding hydrogens is 345 g/mol. The van der Waals surface area contributed by atoms with Gasteiger partial charge in [0.05, 0.1) is 34.1 Å². The van der Waals surface area contributed by atoms with Gasteiger partial charge >= 0.3 is 0 Å². The quantitative estimate of drug-likeness (QED) is 0.502. The molecule has 0 aliphatic heterocycles. The second kappa shape index (κ2) is 6.11. The van der Waals surface area contributed by atoms with E-state index in [1.54, 1.807) is 24.3 Å². The van der Waals surface area contributed by atoms with Crippen molar-refractivity contribution in [3.05, 3.63) is 59.5 Å². The molecule has 0 aliphatic rings. The van der Waals surface area contributed by atoms with Gasteiger partial charge in [-0.2, -0.15) is 10.4 Å². The van der Waals surface area contributed by atoms with Crippen LogP contribution in [0.25, 0.3) is 33.4 Å². The summed E-state index contributed by atoms with van der Waals surface area (Å²) in [4.78, 5) is 4.46. The number of pyridine rings is 1. The molecular formula is C20H14FN5O. The van der Waals surface area contributed by atoms with Gasteiger partial charge in [0.25, 0.3) is 0 Å². The number of H-pyrrole nitrogens is 1. The third-order valence-electron chi connectivity index (χ3n) is 4.44. The van der Waals surface area contributed by atoms with Crippen LogP contribution in [0.2, 0.25) is 0 Å². The number of nitrogens with zero attached hydrogens (tertiary/aromatic N) is 3. The topological polar surface area (TPSA) is 112 Å². The van der Waals surface area contributed by atoms with E-state index in [1.807, 2.05) is 6.92 Å². The second-order valence-corrected chi connectivity index (χ2v) is 6.14. The number of phenolic OH excluding ortho intramolecular Hbond substituents is 1. The zero-order valence-electron chi connectivity index (χ0n) is 14.3. The van der Waals surface area contributed by atoms with Crippen LogP contribution in [-0.2, 0) is 0 Å². The summed E-state index contributed by atoms with van der Waals surface area (Å²) in [6.45, 7) is 1.83. The molecule has 4 N–H and O–H groups in total. The molecule has 0 amide bonds. The van der Waals surface area contributed by atoms with E-state index in [0.717, 1.165) is 17.0 Å².